The summed E-state index contributed by atoms with van der Waals surface area (Å²) in [7, 11) is 0. The predicted molar refractivity (Wildman–Crippen MR) is 80.4 cm³/mol. The van der Waals surface area contributed by atoms with Crippen LogP contribution >= 0.6 is 15.9 Å². The number of aromatic nitrogens is 1. The standard InChI is InChI=1S/C15H14BrFN2O/c16-12-4-5-14-13(8-12)15(20)11(9-18)10-19(14)7-3-1-2-6-17/h4-5,8,10H,1-3,6-7H2. The number of alkyl halides is 1. The molecule has 1 aromatic heterocycles. The molecule has 0 bridgehead atoms. The second-order valence-corrected chi connectivity index (χ2v) is 5.50. The first-order valence-electron chi connectivity index (χ1n) is 6.46. The largest absolute Gasteiger partial charge is 0.346 e. The van der Waals surface area contributed by atoms with Gasteiger partial charge in [0.25, 0.3) is 0 Å². The third-order valence-electron chi connectivity index (χ3n) is 3.20. The van der Waals surface area contributed by atoms with Crippen molar-refractivity contribution in [3.63, 3.8) is 0 Å². The van der Waals surface area contributed by atoms with Crippen LogP contribution in [-0.2, 0) is 6.54 Å². The van der Waals surface area contributed by atoms with E-state index in [9.17, 15) is 9.18 Å². The van der Waals surface area contributed by atoms with Crippen molar-refractivity contribution in [2.45, 2.75) is 25.8 Å². The van der Waals surface area contributed by atoms with E-state index in [-0.39, 0.29) is 17.7 Å². The number of nitrogens with zero attached hydrogens (tertiary/aromatic N) is 2. The normalized spacial score (nSPS) is 10.7. The van der Waals surface area contributed by atoms with Gasteiger partial charge in [0.1, 0.15) is 11.6 Å². The van der Waals surface area contributed by atoms with Crippen LogP contribution in [0, 0.1) is 11.3 Å². The summed E-state index contributed by atoms with van der Waals surface area (Å²) >= 11 is 3.34. The lowest BCUT2D eigenvalue weighted by Gasteiger charge is -2.11. The zero-order valence-electron chi connectivity index (χ0n) is 10.9. The Bertz CT molecular complexity index is 718. The molecule has 0 spiro atoms. The number of hydrogen-bond donors (Lipinski definition) is 0. The Morgan fingerprint density at radius 1 is 1.30 bits per heavy atom. The Kier molecular flexibility index (Phi) is 4.91. The third kappa shape index (κ3) is 3.07. The Labute approximate surface area is 124 Å². The van der Waals surface area contributed by atoms with Crippen LogP contribution in [0.15, 0.2) is 33.7 Å². The lowest BCUT2D eigenvalue weighted by atomic mass is 10.1. The Morgan fingerprint density at radius 3 is 2.80 bits per heavy atom. The first kappa shape index (κ1) is 14.7. The van der Waals surface area contributed by atoms with E-state index in [1.165, 1.54) is 0 Å². The van der Waals surface area contributed by atoms with Crippen molar-refractivity contribution in [1.82, 2.24) is 4.57 Å². The number of unbranched alkanes of at least 4 members (excludes halogenated alkanes) is 2. The number of benzene rings is 1. The molecule has 0 atom stereocenters. The number of halogens is 2. The average molecular weight is 337 g/mol. The lowest BCUT2D eigenvalue weighted by molar-refractivity contribution is 0.449. The lowest BCUT2D eigenvalue weighted by Crippen LogP contribution is -2.13. The number of pyridine rings is 1. The molecule has 0 aliphatic heterocycles. The molecule has 20 heavy (non-hydrogen) atoms. The molecule has 0 N–H and O–H groups in total. The number of nitriles is 1. The zero-order chi connectivity index (χ0) is 14.5. The van der Waals surface area contributed by atoms with E-state index in [1.807, 2.05) is 22.8 Å². The topological polar surface area (TPSA) is 45.8 Å². The fourth-order valence-electron chi connectivity index (χ4n) is 2.19. The van der Waals surface area contributed by atoms with E-state index >= 15 is 0 Å². The van der Waals surface area contributed by atoms with Gasteiger partial charge in [0.2, 0.25) is 5.43 Å². The molecule has 3 nitrogen and oxygen atoms in total. The van der Waals surface area contributed by atoms with Crippen molar-refractivity contribution in [3.8, 4) is 6.07 Å². The van der Waals surface area contributed by atoms with Crippen LogP contribution < -0.4 is 5.43 Å². The van der Waals surface area contributed by atoms with Crippen LogP contribution in [0.25, 0.3) is 10.9 Å². The summed E-state index contributed by atoms with van der Waals surface area (Å²) in [4.78, 5) is 12.1. The van der Waals surface area contributed by atoms with Gasteiger partial charge in [-0.2, -0.15) is 5.26 Å². The maximum absolute atomic E-state index is 12.1. The molecule has 0 fully saturated rings. The highest BCUT2D eigenvalue weighted by atomic mass is 79.9. The molecule has 0 saturated heterocycles. The average Bonchev–Trinajstić information content (AvgIpc) is 2.46. The molecule has 0 radical (unpaired) electrons. The molecular formula is C15H14BrFN2O. The monoisotopic (exact) mass is 336 g/mol. The molecule has 1 heterocycles. The fraction of sp³-hybridized carbons (Fsp3) is 0.333. The second kappa shape index (κ2) is 6.67. The molecule has 2 rings (SSSR count). The van der Waals surface area contributed by atoms with Gasteiger partial charge in [-0.3, -0.25) is 9.18 Å². The summed E-state index contributed by atoms with van der Waals surface area (Å²) in [6, 6.07) is 7.40. The molecule has 5 heteroatoms. The van der Waals surface area contributed by atoms with E-state index in [4.69, 9.17) is 5.26 Å². The maximum atomic E-state index is 12.1. The van der Waals surface area contributed by atoms with Crippen molar-refractivity contribution < 1.29 is 4.39 Å². The Balaban J connectivity index is 2.46. The van der Waals surface area contributed by atoms with Gasteiger partial charge in [-0.05, 0) is 37.5 Å². The Hall–Kier alpha value is -1.67. The summed E-state index contributed by atoms with van der Waals surface area (Å²) < 4.78 is 14.8. The summed E-state index contributed by atoms with van der Waals surface area (Å²) in [5.41, 5.74) is 0.697. The summed E-state index contributed by atoms with van der Waals surface area (Å²) in [6.45, 7) is 0.369. The van der Waals surface area contributed by atoms with Crippen LogP contribution in [0.3, 0.4) is 0 Å². The van der Waals surface area contributed by atoms with Crippen molar-refractivity contribution in [1.29, 1.82) is 5.26 Å². The van der Waals surface area contributed by atoms with Gasteiger partial charge < -0.3 is 4.57 Å². The van der Waals surface area contributed by atoms with E-state index in [1.54, 1.807) is 12.3 Å². The second-order valence-electron chi connectivity index (χ2n) is 4.59. The van der Waals surface area contributed by atoms with Crippen LogP contribution in [0.5, 0.6) is 0 Å². The highest BCUT2D eigenvalue weighted by Gasteiger charge is 2.09. The predicted octanol–water partition coefficient (Wildman–Crippen LogP) is 3.78. The molecule has 0 saturated carbocycles. The van der Waals surface area contributed by atoms with Crippen LogP contribution in [0.2, 0.25) is 0 Å². The SMILES string of the molecule is N#Cc1cn(CCCCCF)c2ccc(Br)cc2c1=O. The van der Waals surface area contributed by atoms with Crippen LogP contribution in [-0.4, -0.2) is 11.2 Å². The first-order chi connectivity index (χ1) is 9.67. The molecule has 0 unspecified atom stereocenters. The van der Waals surface area contributed by atoms with Crippen molar-refractivity contribution in [2.24, 2.45) is 0 Å². The van der Waals surface area contributed by atoms with Crippen molar-refractivity contribution in [2.75, 3.05) is 6.67 Å². The van der Waals surface area contributed by atoms with E-state index in [2.05, 4.69) is 15.9 Å². The van der Waals surface area contributed by atoms with Crippen LogP contribution in [0.4, 0.5) is 4.39 Å². The number of rotatable bonds is 5. The van der Waals surface area contributed by atoms with Crippen molar-refractivity contribution >= 4 is 26.8 Å². The van der Waals surface area contributed by atoms with E-state index in [0.29, 0.717) is 18.4 Å². The minimum atomic E-state index is -0.304. The summed E-state index contributed by atoms with van der Waals surface area (Å²) in [6.07, 6.45) is 3.76. The summed E-state index contributed by atoms with van der Waals surface area (Å²) in [5.74, 6) is 0. The number of aryl methyl sites for hydroxylation is 1. The molecule has 0 aliphatic carbocycles. The molecule has 0 amide bonds. The van der Waals surface area contributed by atoms with Gasteiger partial charge in [0, 0.05) is 22.6 Å². The Morgan fingerprint density at radius 2 is 2.10 bits per heavy atom. The van der Waals surface area contributed by atoms with Gasteiger partial charge >= 0.3 is 0 Å². The highest BCUT2D eigenvalue weighted by Crippen LogP contribution is 2.18. The minimum Gasteiger partial charge on any atom is -0.346 e. The maximum Gasteiger partial charge on any atom is 0.207 e. The summed E-state index contributed by atoms with van der Waals surface area (Å²) in [5, 5.41) is 9.59. The fourth-order valence-corrected chi connectivity index (χ4v) is 2.55. The number of hydrogen-bond acceptors (Lipinski definition) is 2. The van der Waals surface area contributed by atoms with Crippen molar-refractivity contribution in [3.05, 3.63) is 44.7 Å². The molecule has 0 aliphatic rings. The smallest absolute Gasteiger partial charge is 0.207 e. The molecule has 1 aromatic carbocycles. The van der Waals surface area contributed by atoms with Gasteiger partial charge in [-0.15, -0.1) is 0 Å². The van der Waals surface area contributed by atoms with Crippen LogP contribution in [0.1, 0.15) is 24.8 Å². The minimum absolute atomic E-state index is 0.140. The zero-order valence-corrected chi connectivity index (χ0v) is 12.5. The van der Waals surface area contributed by atoms with Gasteiger partial charge in [0.05, 0.1) is 12.2 Å². The molecular weight excluding hydrogens is 323 g/mol. The molecule has 2 aromatic rings. The first-order valence-corrected chi connectivity index (χ1v) is 7.25. The van der Waals surface area contributed by atoms with Gasteiger partial charge in [0.15, 0.2) is 0 Å². The third-order valence-corrected chi connectivity index (χ3v) is 3.69. The van der Waals surface area contributed by atoms with E-state index < -0.39 is 0 Å². The van der Waals surface area contributed by atoms with Gasteiger partial charge in [-0.1, -0.05) is 15.9 Å². The highest BCUT2D eigenvalue weighted by molar-refractivity contribution is 9.10. The number of fused-ring (bicyclic) bond motifs is 1. The molecule has 104 valence electrons. The van der Waals surface area contributed by atoms with E-state index in [0.717, 1.165) is 22.8 Å². The quantitative estimate of drug-likeness (QED) is 0.780. The van der Waals surface area contributed by atoms with Gasteiger partial charge in [-0.25, -0.2) is 0 Å².